The molecule has 0 aromatic heterocycles. The maximum absolute atomic E-state index is 12.5. The van der Waals surface area contributed by atoms with E-state index in [4.69, 9.17) is 5.26 Å². The molecule has 0 spiro atoms. The Hall–Kier alpha value is -3.20. The number of carbonyl (C=O) groups excluding carboxylic acids is 1. The Kier molecular flexibility index (Phi) is 4.75. The predicted molar refractivity (Wildman–Crippen MR) is 93.5 cm³/mol. The molecule has 6 nitrogen and oxygen atoms in total. The lowest BCUT2D eigenvalue weighted by atomic mass is 9.88. The number of Topliss-reactive ketones (excluding diaryl/α,β-unsaturated/α-hetero) is 1. The summed E-state index contributed by atoms with van der Waals surface area (Å²) in [6.45, 7) is 1.11. The molecule has 1 fully saturated rings. The summed E-state index contributed by atoms with van der Waals surface area (Å²) in [6.07, 6.45) is 1.28. The second kappa shape index (κ2) is 7.14. The van der Waals surface area contributed by atoms with Crippen LogP contribution in [-0.2, 0) is 0 Å². The molecule has 126 valence electrons. The molecule has 1 aliphatic heterocycles. The summed E-state index contributed by atoms with van der Waals surface area (Å²) in [7, 11) is 0. The van der Waals surface area contributed by atoms with Crippen LogP contribution >= 0.6 is 0 Å². The van der Waals surface area contributed by atoms with Gasteiger partial charge in [-0.1, -0.05) is 30.3 Å². The fraction of sp³-hybridized carbons (Fsp3) is 0.263. The summed E-state index contributed by atoms with van der Waals surface area (Å²) in [6, 6.07) is 15.6. The van der Waals surface area contributed by atoms with Gasteiger partial charge in [-0.05, 0) is 25.0 Å². The zero-order chi connectivity index (χ0) is 17.8. The average molecular weight is 335 g/mol. The predicted octanol–water partition coefficient (Wildman–Crippen LogP) is 3.57. The number of anilines is 1. The molecular formula is C19H17N3O3. The van der Waals surface area contributed by atoms with Gasteiger partial charge in [-0.2, -0.15) is 5.26 Å². The van der Waals surface area contributed by atoms with Gasteiger partial charge in [0.15, 0.2) is 5.78 Å². The summed E-state index contributed by atoms with van der Waals surface area (Å²) in [5.74, 6) is 0.0531. The number of carbonyl (C=O) groups is 1. The molecule has 2 aromatic carbocycles. The molecule has 1 aliphatic rings. The van der Waals surface area contributed by atoms with Crippen LogP contribution in [0.5, 0.6) is 0 Å². The van der Waals surface area contributed by atoms with Gasteiger partial charge in [0.1, 0.15) is 5.69 Å². The first-order valence-corrected chi connectivity index (χ1v) is 8.13. The van der Waals surface area contributed by atoms with E-state index >= 15 is 0 Å². The van der Waals surface area contributed by atoms with Crippen molar-refractivity contribution in [1.82, 2.24) is 0 Å². The Morgan fingerprint density at radius 2 is 1.84 bits per heavy atom. The lowest BCUT2D eigenvalue weighted by Gasteiger charge is -2.32. The third kappa shape index (κ3) is 3.50. The Labute approximate surface area is 145 Å². The van der Waals surface area contributed by atoms with E-state index in [0.717, 1.165) is 0 Å². The van der Waals surface area contributed by atoms with E-state index < -0.39 is 4.92 Å². The van der Waals surface area contributed by atoms with Gasteiger partial charge in [-0.15, -0.1) is 0 Å². The summed E-state index contributed by atoms with van der Waals surface area (Å²) >= 11 is 0. The lowest BCUT2D eigenvalue weighted by Crippen LogP contribution is -2.36. The number of hydrogen-bond donors (Lipinski definition) is 0. The number of nitrogens with zero attached hydrogens (tertiary/aromatic N) is 3. The van der Waals surface area contributed by atoms with Gasteiger partial charge in [0, 0.05) is 30.6 Å². The molecule has 2 aromatic rings. The summed E-state index contributed by atoms with van der Waals surface area (Å²) in [4.78, 5) is 25.3. The van der Waals surface area contributed by atoms with Crippen molar-refractivity contribution < 1.29 is 9.72 Å². The van der Waals surface area contributed by atoms with Crippen molar-refractivity contribution in [2.45, 2.75) is 12.8 Å². The van der Waals surface area contributed by atoms with E-state index in [1.807, 2.05) is 41.3 Å². The Morgan fingerprint density at radius 3 is 2.44 bits per heavy atom. The maximum Gasteiger partial charge on any atom is 0.292 e. The third-order valence-corrected chi connectivity index (χ3v) is 4.57. The highest BCUT2D eigenvalue weighted by molar-refractivity contribution is 5.98. The van der Waals surface area contributed by atoms with Crippen LogP contribution in [0.1, 0.15) is 28.8 Å². The van der Waals surface area contributed by atoms with Gasteiger partial charge in [0.25, 0.3) is 5.69 Å². The maximum atomic E-state index is 12.5. The first kappa shape index (κ1) is 16.7. The molecule has 0 radical (unpaired) electrons. The number of nitro benzene ring substituents is 1. The molecule has 1 heterocycles. The van der Waals surface area contributed by atoms with Crippen LogP contribution in [0.2, 0.25) is 0 Å². The van der Waals surface area contributed by atoms with Gasteiger partial charge in [0.05, 0.1) is 16.6 Å². The standard InChI is InChI=1S/C19H17N3O3/c20-13-14-6-7-17(22(24)25)18(12-14)21-10-8-16(9-11-21)19(23)15-4-2-1-3-5-15/h1-7,12,16H,8-11H2. The van der Waals surface area contributed by atoms with Crippen LogP contribution < -0.4 is 4.90 Å². The van der Waals surface area contributed by atoms with Crippen LogP contribution in [0.4, 0.5) is 11.4 Å². The first-order chi connectivity index (χ1) is 12.1. The molecule has 0 saturated carbocycles. The summed E-state index contributed by atoms with van der Waals surface area (Å²) < 4.78 is 0. The molecule has 25 heavy (non-hydrogen) atoms. The molecule has 0 bridgehead atoms. The van der Waals surface area contributed by atoms with Crippen LogP contribution in [0.25, 0.3) is 0 Å². The largest absolute Gasteiger partial charge is 0.366 e. The van der Waals surface area contributed by atoms with Gasteiger partial charge < -0.3 is 4.90 Å². The van der Waals surface area contributed by atoms with Gasteiger partial charge in [-0.3, -0.25) is 14.9 Å². The summed E-state index contributed by atoms with van der Waals surface area (Å²) in [5, 5.41) is 20.3. The van der Waals surface area contributed by atoms with Gasteiger partial charge >= 0.3 is 0 Å². The van der Waals surface area contributed by atoms with E-state index in [9.17, 15) is 14.9 Å². The normalized spacial score (nSPS) is 14.8. The lowest BCUT2D eigenvalue weighted by molar-refractivity contribution is -0.384. The number of nitro groups is 1. The molecular weight excluding hydrogens is 318 g/mol. The minimum atomic E-state index is -0.433. The zero-order valence-electron chi connectivity index (χ0n) is 13.6. The number of ketones is 1. The van der Waals surface area contributed by atoms with Crippen molar-refractivity contribution in [1.29, 1.82) is 5.26 Å². The second-order valence-corrected chi connectivity index (χ2v) is 6.06. The van der Waals surface area contributed by atoms with Crippen molar-refractivity contribution in [3.05, 3.63) is 69.8 Å². The molecule has 0 atom stereocenters. The van der Waals surface area contributed by atoms with Crippen LogP contribution in [0.15, 0.2) is 48.5 Å². The Balaban J connectivity index is 1.76. The zero-order valence-corrected chi connectivity index (χ0v) is 13.6. The van der Waals surface area contributed by atoms with Gasteiger partial charge in [0.2, 0.25) is 0 Å². The quantitative estimate of drug-likeness (QED) is 0.484. The van der Waals surface area contributed by atoms with Crippen LogP contribution in [0.3, 0.4) is 0 Å². The van der Waals surface area contributed by atoms with E-state index in [2.05, 4.69) is 0 Å². The highest BCUT2D eigenvalue weighted by Gasteiger charge is 2.28. The molecule has 0 amide bonds. The number of benzene rings is 2. The van der Waals surface area contributed by atoms with Crippen molar-refractivity contribution in [3.8, 4) is 6.07 Å². The van der Waals surface area contributed by atoms with E-state index in [0.29, 0.717) is 42.7 Å². The number of rotatable bonds is 4. The SMILES string of the molecule is N#Cc1ccc([N+](=O)[O-])c(N2CCC(C(=O)c3ccccc3)CC2)c1. The van der Waals surface area contributed by atoms with Gasteiger partial charge in [-0.25, -0.2) is 0 Å². The topological polar surface area (TPSA) is 87.2 Å². The number of hydrogen-bond acceptors (Lipinski definition) is 5. The first-order valence-electron chi connectivity index (χ1n) is 8.13. The van der Waals surface area contributed by atoms with Crippen molar-refractivity contribution in [2.75, 3.05) is 18.0 Å². The van der Waals surface area contributed by atoms with Crippen LogP contribution in [-0.4, -0.2) is 23.8 Å². The fourth-order valence-corrected chi connectivity index (χ4v) is 3.22. The average Bonchev–Trinajstić information content (AvgIpc) is 2.67. The molecule has 0 aliphatic carbocycles. The number of nitriles is 1. The number of piperidine rings is 1. The highest BCUT2D eigenvalue weighted by atomic mass is 16.6. The molecule has 3 rings (SSSR count). The minimum absolute atomic E-state index is 0.00756. The third-order valence-electron chi connectivity index (χ3n) is 4.57. The second-order valence-electron chi connectivity index (χ2n) is 6.06. The van der Waals surface area contributed by atoms with Crippen molar-refractivity contribution >= 4 is 17.2 Å². The van der Waals surface area contributed by atoms with E-state index in [1.165, 1.54) is 12.1 Å². The molecule has 1 saturated heterocycles. The Bertz CT molecular complexity index is 835. The molecule has 0 unspecified atom stereocenters. The van der Waals surface area contributed by atoms with E-state index in [1.54, 1.807) is 6.07 Å². The Morgan fingerprint density at radius 1 is 1.16 bits per heavy atom. The molecule has 6 heteroatoms. The fourth-order valence-electron chi connectivity index (χ4n) is 3.22. The van der Waals surface area contributed by atoms with E-state index in [-0.39, 0.29) is 17.4 Å². The summed E-state index contributed by atoms with van der Waals surface area (Å²) in [5.41, 5.74) is 1.54. The highest BCUT2D eigenvalue weighted by Crippen LogP contribution is 2.33. The minimum Gasteiger partial charge on any atom is -0.366 e. The monoisotopic (exact) mass is 335 g/mol. The van der Waals surface area contributed by atoms with Crippen molar-refractivity contribution in [3.63, 3.8) is 0 Å². The molecule has 0 N–H and O–H groups in total. The van der Waals surface area contributed by atoms with Crippen LogP contribution in [0, 0.1) is 27.4 Å². The smallest absolute Gasteiger partial charge is 0.292 e. The van der Waals surface area contributed by atoms with Crippen molar-refractivity contribution in [2.24, 2.45) is 5.92 Å².